The summed E-state index contributed by atoms with van der Waals surface area (Å²) >= 11 is 0. The predicted octanol–water partition coefficient (Wildman–Crippen LogP) is 1.48. The summed E-state index contributed by atoms with van der Waals surface area (Å²) in [4.78, 5) is 24.2. The number of rotatable bonds is 3. The molecule has 23 heavy (non-hydrogen) atoms. The maximum absolute atomic E-state index is 12.2. The van der Waals surface area contributed by atoms with E-state index in [2.05, 4.69) is 10.3 Å². The molecule has 0 aliphatic rings. The average molecular weight is 306 g/mol. The third-order valence-electron chi connectivity index (χ3n) is 3.17. The fraction of sp³-hybridized carbons (Fsp3) is 0.0625. The normalized spacial score (nSPS) is 10.2. The minimum absolute atomic E-state index is 0.228. The second kappa shape index (κ2) is 6.07. The lowest BCUT2D eigenvalue weighted by molar-refractivity contribution is 0.0336. The second-order valence-electron chi connectivity index (χ2n) is 4.66. The lowest BCUT2D eigenvalue weighted by atomic mass is 10.1. The van der Waals surface area contributed by atoms with Crippen LogP contribution >= 0.6 is 0 Å². The Balaban J connectivity index is 1.80. The summed E-state index contributed by atoms with van der Waals surface area (Å²) < 4.78 is 6.02. The molecule has 0 amide bonds. The first-order chi connectivity index (χ1) is 11.2. The Morgan fingerprint density at radius 1 is 1.22 bits per heavy atom. The van der Waals surface area contributed by atoms with Crippen molar-refractivity contribution < 1.29 is 9.53 Å². The van der Waals surface area contributed by atoms with Gasteiger partial charge in [0.1, 0.15) is 5.52 Å². The monoisotopic (exact) mass is 306 g/mol. The molecule has 7 nitrogen and oxygen atoms in total. The van der Waals surface area contributed by atoms with Crippen LogP contribution in [0.2, 0.25) is 0 Å². The quantitative estimate of drug-likeness (QED) is 0.680. The number of esters is 1. The fourth-order valence-electron chi connectivity index (χ4n) is 2.03. The van der Waals surface area contributed by atoms with Crippen LogP contribution in [0, 0.1) is 11.3 Å². The van der Waals surface area contributed by atoms with Crippen molar-refractivity contribution in [2.75, 3.05) is 0 Å². The molecule has 0 saturated carbocycles. The maximum Gasteiger partial charge on any atom is 0.339 e. The van der Waals surface area contributed by atoms with Gasteiger partial charge in [-0.15, -0.1) is 5.10 Å². The summed E-state index contributed by atoms with van der Waals surface area (Å²) in [6.07, 6.45) is 0. The van der Waals surface area contributed by atoms with E-state index in [4.69, 9.17) is 10.00 Å². The van der Waals surface area contributed by atoms with E-state index in [1.807, 2.05) is 6.07 Å². The van der Waals surface area contributed by atoms with Crippen LogP contribution in [0.1, 0.15) is 15.9 Å². The Labute approximate surface area is 130 Å². The number of nitrogens with zero attached hydrogens (tertiary/aromatic N) is 4. The molecule has 0 atom stereocenters. The Bertz CT molecular complexity index is 988. The second-order valence-corrected chi connectivity index (χ2v) is 4.66. The van der Waals surface area contributed by atoms with E-state index in [1.54, 1.807) is 36.4 Å². The van der Waals surface area contributed by atoms with E-state index in [1.165, 1.54) is 12.1 Å². The van der Waals surface area contributed by atoms with Gasteiger partial charge in [-0.25, -0.2) is 4.79 Å². The minimum Gasteiger partial charge on any atom is -0.439 e. The maximum atomic E-state index is 12.2. The van der Waals surface area contributed by atoms with E-state index in [0.717, 1.165) is 4.68 Å². The number of ether oxygens (including phenoxy) is 1. The van der Waals surface area contributed by atoms with Gasteiger partial charge in [0.25, 0.3) is 5.56 Å². The lowest BCUT2D eigenvalue weighted by Gasteiger charge is -2.06. The highest BCUT2D eigenvalue weighted by atomic mass is 16.5. The Morgan fingerprint density at radius 2 is 2.04 bits per heavy atom. The number of fused-ring (bicyclic) bond motifs is 1. The summed E-state index contributed by atoms with van der Waals surface area (Å²) in [6.45, 7) is -0.355. The van der Waals surface area contributed by atoms with E-state index < -0.39 is 11.5 Å². The molecule has 0 bridgehead atoms. The average Bonchev–Trinajstić information content (AvgIpc) is 2.61. The lowest BCUT2D eigenvalue weighted by Crippen LogP contribution is -2.26. The van der Waals surface area contributed by atoms with Crippen LogP contribution in [0.25, 0.3) is 10.9 Å². The smallest absolute Gasteiger partial charge is 0.339 e. The van der Waals surface area contributed by atoms with Gasteiger partial charge in [0.05, 0.1) is 22.6 Å². The molecule has 0 aliphatic heterocycles. The highest BCUT2D eigenvalue weighted by Crippen LogP contribution is 2.07. The molecular formula is C16H10N4O3. The van der Waals surface area contributed by atoms with Crippen LogP contribution in [0.3, 0.4) is 0 Å². The molecule has 0 aliphatic carbocycles. The number of carbonyl (C=O) groups is 1. The van der Waals surface area contributed by atoms with E-state index >= 15 is 0 Å². The first kappa shape index (κ1) is 14.4. The van der Waals surface area contributed by atoms with Crippen molar-refractivity contribution in [1.29, 1.82) is 5.26 Å². The van der Waals surface area contributed by atoms with Gasteiger partial charge in [-0.2, -0.15) is 9.94 Å². The van der Waals surface area contributed by atoms with Crippen molar-refractivity contribution in [3.05, 3.63) is 70.0 Å². The van der Waals surface area contributed by atoms with Crippen LogP contribution in [0.5, 0.6) is 0 Å². The molecule has 3 rings (SSSR count). The number of aromatic nitrogens is 3. The summed E-state index contributed by atoms with van der Waals surface area (Å²) in [6, 6.07) is 14.8. The Morgan fingerprint density at radius 3 is 2.87 bits per heavy atom. The van der Waals surface area contributed by atoms with Crippen molar-refractivity contribution >= 4 is 16.9 Å². The first-order valence-electron chi connectivity index (χ1n) is 6.69. The third kappa shape index (κ3) is 2.91. The van der Waals surface area contributed by atoms with Gasteiger partial charge in [-0.3, -0.25) is 4.79 Å². The van der Waals surface area contributed by atoms with Gasteiger partial charge < -0.3 is 4.74 Å². The van der Waals surface area contributed by atoms with Gasteiger partial charge in [-0.05, 0) is 30.3 Å². The van der Waals surface area contributed by atoms with E-state index in [9.17, 15) is 9.59 Å². The Hall–Kier alpha value is -3.53. The summed E-state index contributed by atoms with van der Waals surface area (Å²) in [5.41, 5.74) is 0.656. The first-order valence-corrected chi connectivity index (χ1v) is 6.69. The molecule has 0 radical (unpaired) electrons. The SMILES string of the molecule is N#Cc1cccc(C(=O)OCn2nnc3ccccc3c2=O)c1. The summed E-state index contributed by atoms with van der Waals surface area (Å²) in [7, 11) is 0. The van der Waals surface area contributed by atoms with Crippen molar-refractivity contribution in [3.8, 4) is 6.07 Å². The number of benzene rings is 2. The zero-order valence-corrected chi connectivity index (χ0v) is 11.8. The highest BCUT2D eigenvalue weighted by Gasteiger charge is 2.10. The van der Waals surface area contributed by atoms with Crippen molar-refractivity contribution in [3.63, 3.8) is 0 Å². The van der Waals surface area contributed by atoms with E-state index in [-0.39, 0.29) is 12.3 Å². The van der Waals surface area contributed by atoms with E-state index in [0.29, 0.717) is 16.5 Å². The highest BCUT2D eigenvalue weighted by molar-refractivity contribution is 5.89. The molecule has 0 saturated heterocycles. The van der Waals surface area contributed by atoms with Gasteiger partial charge >= 0.3 is 5.97 Å². The summed E-state index contributed by atoms with van der Waals surface area (Å²) in [5.74, 6) is -0.649. The molecule has 0 fully saturated rings. The van der Waals surface area contributed by atoms with Crippen molar-refractivity contribution in [2.45, 2.75) is 6.73 Å². The standard InChI is InChI=1S/C16H10N4O3/c17-9-11-4-3-5-12(8-11)16(22)23-10-20-15(21)13-6-1-2-7-14(13)18-19-20/h1-8H,10H2. The third-order valence-corrected chi connectivity index (χ3v) is 3.17. The van der Waals surface area contributed by atoms with Gasteiger partial charge in [0.2, 0.25) is 0 Å². The molecule has 0 N–H and O–H groups in total. The van der Waals surface area contributed by atoms with Crippen LogP contribution in [-0.2, 0) is 11.5 Å². The Kier molecular flexibility index (Phi) is 3.80. The number of hydrogen-bond donors (Lipinski definition) is 0. The molecule has 112 valence electrons. The number of carbonyl (C=O) groups excluding carboxylic acids is 1. The summed E-state index contributed by atoms with van der Waals surface area (Å²) in [5, 5.41) is 16.8. The molecule has 7 heteroatoms. The molecule has 1 aromatic heterocycles. The molecular weight excluding hydrogens is 296 g/mol. The number of hydrogen-bond acceptors (Lipinski definition) is 6. The van der Waals surface area contributed by atoms with Gasteiger partial charge in [-0.1, -0.05) is 23.4 Å². The number of nitriles is 1. The molecule has 0 spiro atoms. The van der Waals surface area contributed by atoms with Crippen LogP contribution in [0.15, 0.2) is 53.3 Å². The molecule has 0 unspecified atom stereocenters. The van der Waals surface area contributed by atoms with Crippen molar-refractivity contribution in [1.82, 2.24) is 15.0 Å². The topological polar surface area (TPSA) is 97.9 Å². The molecule has 3 aromatic rings. The minimum atomic E-state index is -0.649. The van der Waals surface area contributed by atoms with Crippen molar-refractivity contribution in [2.24, 2.45) is 0 Å². The molecule has 2 aromatic carbocycles. The van der Waals surface area contributed by atoms with Gasteiger partial charge in [0, 0.05) is 0 Å². The van der Waals surface area contributed by atoms with Gasteiger partial charge in [0.15, 0.2) is 6.73 Å². The van der Waals surface area contributed by atoms with Crippen LogP contribution in [-0.4, -0.2) is 21.0 Å². The zero-order chi connectivity index (χ0) is 16.2. The largest absolute Gasteiger partial charge is 0.439 e. The zero-order valence-electron chi connectivity index (χ0n) is 11.8. The van der Waals surface area contributed by atoms with Crippen LogP contribution < -0.4 is 5.56 Å². The predicted molar refractivity (Wildman–Crippen MR) is 80.4 cm³/mol. The van der Waals surface area contributed by atoms with Crippen LogP contribution in [0.4, 0.5) is 0 Å². The molecule has 1 heterocycles. The fourth-order valence-corrected chi connectivity index (χ4v) is 2.03.